The van der Waals surface area contributed by atoms with Crippen molar-refractivity contribution in [1.82, 2.24) is 29.7 Å². The van der Waals surface area contributed by atoms with Gasteiger partial charge in [0.15, 0.2) is 11.6 Å². The number of carbonyl (C=O) groups excluding carboxylic acids is 1. The molecule has 236 valence electrons. The van der Waals surface area contributed by atoms with Gasteiger partial charge in [-0.3, -0.25) is 4.79 Å². The van der Waals surface area contributed by atoms with Gasteiger partial charge in [0.05, 0.1) is 11.6 Å². The Hall–Kier alpha value is -3.47. The van der Waals surface area contributed by atoms with Gasteiger partial charge in [0, 0.05) is 74.6 Å². The second-order valence-electron chi connectivity index (χ2n) is 13.8. The number of nitrogens with zero attached hydrogens (tertiary/aromatic N) is 6. The molecule has 2 aliphatic carbocycles. The Morgan fingerprint density at radius 2 is 1.89 bits per heavy atom. The molecular formula is C34H39ClFN7O2. The Morgan fingerprint density at radius 1 is 1.11 bits per heavy atom. The minimum Gasteiger partial charge on any atom is -0.508 e. The smallest absolute Gasteiger partial charge is 0.222 e. The number of hydrogen-bond donors (Lipinski definition) is 2. The summed E-state index contributed by atoms with van der Waals surface area (Å²) in [5, 5.41) is 15.3. The normalized spacial score (nSPS) is 22.8. The van der Waals surface area contributed by atoms with Crippen molar-refractivity contribution in [3.63, 3.8) is 0 Å². The van der Waals surface area contributed by atoms with Crippen LogP contribution in [-0.4, -0.2) is 95.3 Å². The monoisotopic (exact) mass is 631 g/mol. The molecular weight excluding hydrogens is 593 g/mol. The molecule has 0 spiro atoms. The van der Waals surface area contributed by atoms with E-state index in [4.69, 9.17) is 21.6 Å². The van der Waals surface area contributed by atoms with Crippen LogP contribution in [0.1, 0.15) is 49.0 Å². The molecule has 1 amide bonds. The molecule has 0 radical (unpaired) electrons. The first kappa shape index (κ1) is 29.0. The average molecular weight is 632 g/mol. The van der Waals surface area contributed by atoms with Crippen molar-refractivity contribution in [3.05, 3.63) is 46.5 Å². The number of anilines is 1. The van der Waals surface area contributed by atoms with E-state index in [9.17, 15) is 9.90 Å². The Labute approximate surface area is 267 Å². The first-order valence-electron chi connectivity index (χ1n) is 16.0. The van der Waals surface area contributed by atoms with Crippen LogP contribution in [0.2, 0.25) is 5.02 Å². The zero-order chi connectivity index (χ0) is 31.3. The molecule has 4 aromatic rings. The predicted octanol–water partition coefficient (Wildman–Crippen LogP) is 4.93. The summed E-state index contributed by atoms with van der Waals surface area (Å²) in [6.07, 6.45) is 3.94. The molecule has 11 heteroatoms. The summed E-state index contributed by atoms with van der Waals surface area (Å²) in [5.41, 5.74) is 3.86. The summed E-state index contributed by atoms with van der Waals surface area (Å²) in [5.74, 6) is 1.90. The molecule has 5 heterocycles. The van der Waals surface area contributed by atoms with Crippen LogP contribution in [0.15, 0.2) is 24.3 Å². The van der Waals surface area contributed by atoms with Crippen molar-refractivity contribution in [3.8, 4) is 16.9 Å². The van der Waals surface area contributed by atoms with Gasteiger partial charge in [0.2, 0.25) is 5.91 Å². The number of rotatable bonds is 8. The van der Waals surface area contributed by atoms with Crippen LogP contribution in [0, 0.1) is 11.7 Å². The van der Waals surface area contributed by atoms with Gasteiger partial charge in [-0.15, -0.1) is 0 Å². The van der Waals surface area contributed by atoms with Gasteiger partial charge in [-0.25, -0.2) is 14.4 Å². The van der Waals surface area contributed by atoms with Crippen LogP contribution in [0.4, 0.5) is 10.2 Å². The van der Waals surface area contributed by atoms with Crippen molar-refractivity contribution in [2.24, 2.45) is 5.92 Å². The molecule has 2 aromatic heterocycles. The van der Waals surface area contributed by atoms with Gasteiger partial charge in [0.25, 0.3) is 0 Å². The van der Waals surface area contributed by atoms with Gasteiger partial charge < -0.3 is 29.7 Å². The highest BCUT2D eigenvalue weighted by Gasteiger charge is 2.49. The average Bonchev–Trinajstić information content (AvgIpc) is 3.35. The molecule has 5 aliphatic rings. The molecule has 5 fully saturated rings. The number of phenolic OH excluding ortho intramolecular Hbond substituents is 1. The summed E-state index contributed by atoms with van der Waals surface area (Å²) in [6, 6.07) is 7.83. The number of phenols is 1. The number of aryl methyl sites for hydroxylation is 1. The van der Waals surface area contributed by atoms with Crippen LogP contribution >= 0.6 is 11.6 Å². The highest BCUT2D eigenvalue weighted by Crippen LogP contribution is 2.51. The van der Waals surface area contributed by atoms with Crippen LogP contribution < -0.4 is 10.2 Å². The molecule has 3 atom stereocenters. The second kappa shape index (κ2) is 10.5. The molecule has 9 nitrogen and oxygen atoms in total. The largest absolute Gasteiger partial charge is 0.508 e. The number of hydrogen-bond acceptors (Lipinski definition) is 7. The van der Waals surface area contributed by atoms with Gasteiger partial charge in [-0.1, -0.05) is 17.7 Å². The minimum atomic E-state index is -0.421. The molecule has 2 aromatic carbocycles. The van der Waals surface area contributed by atoms with Crippen LogP contribution in [0.3, 0.4) is 0 Å². The summed E-state index contributed by atoms with van der Waals surface area (Å²) >= 11 is 6.63. The molecule has 45 heavy (non-hydrogen) atoms. The fourth-order valence-corrected chi connectivity index (χ4v) is 8.06. The van der Waals surface area contributed by atoms with E-state index in [0.29, 0.717) is 63.7 Å². The van der Waals surface area contributed by atoms with Gasteiger partial charge in [0.1, 0.15) is 22.6 Å². The molecule has 3 saturated heterocycles. The third kappa shape index (κ3) is 4.59. The van der Waals surface area contributed by atoms with Gasteiger partial charge >= 0.3 is 0 Å². The Balaban J connectivity index is 1.36. The molecule has 9 rings (SSSR count). The fourth-order valence-electron chi connectivity index (χ4n) is 7.69. The SMILES string of the molecule is CN(C)C(=O)CCc1nc2c(N3CC(N(C)C)C3)nc3c(F)c(-c4cc(O)cc(Cl)c4C4CC4)ccc3c2n1C1C2CNC1C2. The Kier molecular flexibility index (Phi) is 6.78. The Bertz CT molecular complexity index is 1850. The van der Waals surface area contributed by atoms with Crippen LogP contribution in [0.5, 0.6) is 5.75 Å². The number of halogens is 2. The third-order valence-corrected chi connectivity index (χ3v) is 10.8. The number of likely N-dealkylation sites (N-methyl/N-ethyl adjacent to an activating group) is 1. The Morgan fingerprint density at radius 3 is 2.53 bits per heavy atom. The topological polar surface area (TPSA) is 89.8 Å². The summed E-state index contributed by atoms with van der Waals surface area (Å²) in [7, 11) is 7.69. The maximum Gasteiger partial charge on any atom is 0.222 e. The number of aromatic nitrogens is 3. The molecule has 3 aliphatic heterocycles. The molecule has 3 unspecified atom stereocenters. The number of benzene rings is 2. The summed E-state index contributed by atoms with van der Waals surface area (Å²) < 4.78 is 19.3. The van der Waals surface area contributed by atoms with E-state index in [-0.39, 0.29) is 23.6 Å². The minimum absolute atomic E-state index is 0.0150. The van der Waals surface area contributed by atoms with E-state index in [0.717, 1.165) is 61.3 Å². The van der Waals surface area contributed by atoms with Gasteiger partial charge in [-0.2, -0.15) is 0 Å². The number of amides is 1. The van der Waals surface area contributed by atoms with Crippen LogP contribution in [-0.2, 0) is 11.2 Å². The lowest BCUT2D eigenvalue weighted by molar-refractivity contribution is -0.128. The predicted molar refractivity (Wildman–Crippen MR) is 175 cm³/mol. The van der Waals surface area contributed by atoms with Crippen molar-refractivity contribution in [2.45, 2.75) is 56.1 Å². The second-order valence-corrected chi connectivity index (χ2v) is 14.2. The van der Waals surface area contributed by atoms with E-state index in [1.54, 1.807) is 37.2 Å². The lowest BCUT2D eigenvalue weighted by Crippen LogP contribution is -2.57. The number of pyridine rings is 1. The van der Waals surface area contributed by atoms with Crippen LogP contribution in [0.25, 0.3) is 33.1 Å². The zero-order valence-electron chi connectivity index (χ0n) is 26.1. The summed E-state index contributed by atoms with van der Waals surface area (Å²) in [6.45, 7) is 2.49. The van der Waals surface area contributed by atoms with Gasteiger partial charge in [-0.05, 0) is 74.5 Å². The van der Waals surface area contributed by atoms with E-state index in [1.165, 1.54) is 0 Å². The number of aromatic hydroxyl groups is 1. The van der Waals surface area contributed by atoms with E-state index in [2.05, 4.69) is 33.8 Å². The van der Waals surface area contributed by atoms with E-state index in [1.807, 2.05) is 6.07 Å². The first-order chi connectivity index (χ1) is 21.6. The number of imidazole rings is 1. The molecule has 2 bridgehead atoms. The quantitative estimate of drug-likeness (QED) is 0.285. The lowest BCUT2D eigenvalue weighted by atomic mass is 9.79. The maximum atomic E-state index is 17.0. The number of nitrogens with one attached hydrogen (secondary N) is 1. The standard InChI is InChI=1S/C34H39ClFN7O2/c1-40(2)19-15-42(16-19)34-31-33(43(32-18-11-25(32)37-14-18)26(38-31)9-10-27(45)41(3)4)22-8-7-21(29(36)30(22)39-34)23-12-20(44)13-24(35)28(23)17-5-6-17/h7-8,12-13,17-19,25,32,37,44H,5-6,9-11,14-16H2,1-4H3. The zero-order valence-corrected chi connectivity index (χ0v) is 26.9. The first-order valence-corrected chi connectivity index (χ1v) is 16.4. The highest BCUT2D eigenvalue weighted by molar-refractivity contribution is 6.32. The number of fused-ring (bicyclic) bond motifs is 4. The van der Waals surface area contributed by atoms with Crippen molar-refractivity contribution in [1.29, 1.82) is 0 Å². The maximum absolute atomic E-state index is 17.0. The molecule has 2 saturated carbocycles. The van der Waals surface area contributed by atoms with Crippen molar-refractivity contribution < 1.29 is 14.3 Å². The van der Waals surface area contributed by atoms with E-state index >= 15 is 4.39 Å². The summed E-state index contributed by atoms with van der Waals surface area (Å²) in [4.78, 5) is 29.0. The highest BCUT2D eigenvalue weighted by atomic mass is 35.5. The van der Waals surface area contributed by atoms with Crippen molar-refractivity contribution >= 4 is 45.3 Å². The number of carbonyl (C=O) groups is 1. The fraction of sp³-hybridized carbons (Fsp3) is 0.500. The lowest BCUT2D eigenvalue weighted by Gasteiger charge is -2.43. The third-order valence-electron chi connectivity index (χ3n) is 10.5. The van der Waals surface area contributed by atoms with E-state index < -0.39 is 5.82 Å². The molecule has 2 N–H and O–H groups in total. The van der Waals surface area contributed by atoms with Crippen molar-refractivity contribution in [2.75, 3.05) is 52.7 Å².